The SMILES string of the molecule is COc1ccc(NC(=O)c2cnc(Nc3cccc(C)c3C)cn2)cc1Cl. The van der Waals surface area contributed by atoms with E-state index in [9.17, 15) is 4.79 Å². The molecule has 0 aliphatic heterocycles. The van der Waals surface area contributed by atoms with Crippen LogP contribution in [0, 0.1) is 13.8 Å². The molecule has 2 aromatic carbocycles. The Balaban J connectivity index is 1.70. The van der Waals surface area contributed by atoms with E-state index in [0.29, 0.717) is 22.3 Å². The highest BCUT2D eigenvalue weighted by atomic mass is 35.5. The number of anilines is 3. The monoisotopic (exact) mass is 382 g/mol. The Morgan fingerprint density at radius 3 is 2.59 bits per heavy atom. The quantitative estimate of drug-likeness (QED) is 0.665. The van der Waals surface area contributed by atoms with E-state index in [-0.39, 0.29) is 11.6 Å². The Morgan fingerprint density at radius 2 is 1.93 bits per heavy atom. The van der Waals surface area contributed by atoms with Gasteiger partial charge in [0.2, 0.25) is 0 Å². The van der Waals surface area contributed by atoms with E-state index >= 15 is 0 Å². The number of aromatic nitrogens is 2. The number of halogens is 1. The summed E-state index contributed by atoms with van der Waals surface area (Å²) < 4.78 is 5.09. The number of carbonyl (C=O) groups is 1. The second-order valence-corrected chi connectivity index (χ2v) is 6.37. The van der Waals surface area contributed by atoms with E-state index in [1.165, 1.54) is 25.1 Å². The molecular formula is C20H19ClN4O2. The number of amides is 1. The minimum atomic E-state index is -0.373. The van der Waals surface area contributed by atoms with Gasteiger partial charge in [-0.05, 0) is 49.2 Å². The first-order valence-electron chi connectivity index (χ1n) is 8.28. The van der Waals surface area contributed by atoms with Crippen molar-refractivity contribution in [1.82, 2.24) is 9.97 Å². The predicted molar refractivity (Wildman–Crippen MR) is 107 cm³/mol. The number of methoxy groups -OCH3 is 1. The maximum absolute atomic E-state index is 12.3. The number of aryl methyl sites for hydroxylation is 1. The second-order valence-electron chi connectivity index (χ2n) is 5.96. The average Bonchev–Trinajstić information content (AvgIpc) is 2.66. The molecule has 7 heteroatoms. The summed E-state index contributed by atoms with van der Waals surface area (Å²) in [7, 11) is 1.53. The van der Waals surface area contributed by atoms with Crippen LogP contribution in [0.3, 0.4) is 0 Å². The summed E-state index contributed by atoms with van der Waals surface area (Å²) in [6.07, 6.45) is 2.95. The van der Waals surface area contributed by atoms with Crippen LogP contribution in [-0.4, -0.2) is 23.0 Å². The molecule has 0 saturated heterocycles. The number of hydrogen-bond acceptors (Lipinski definition) is 5. The largest absolute Gasteiger partial charge is 0.495 e. The lowest BCUT2D eigenvalue weighted by molar-refractivity contribution is 0.102. The molecule has 0 aliphatic carbocycles. The molecule has 1 amide bonds. The fourth-order valence-corrected chi connectivity index (χ4v) is 2.73. The van der Waals surface area contributed by atoms with E-state index in [4.69, 9.17) is 16.3 Å². The van der Waals surface area contributed by atoms with E-state index in [1.54, 1.807) is 18.2 Å². The van der Waals surface area contributed by atoms with Crippen molar-refractivity contribution in [3.8, 4) is 5.75 Å². The minimum absolute atomic E-state index is 0.202. The highest BCUT2D eigenvalue weighted by Crippen LogP contribution is 2.27. The third-order valence-electron chi connectivity index (χ3n) is 4.16. The number of benzene rings is 2. The first-order valence-corrected chi connectivity index (χ1v) is 8.66. The number of rotatable bonds is 5. The molecule has 0 fully saturated rings. The first-order chi connectivity index (χ1) is 13.0. The smallest absolute Gasteiger partial charge is 0.275 e. The van der Waals surface area contributed by atoms with Crippen molar-refractivity contribution >= 4 is 34.7 Å². The average molecular weight is 383 g/mol. The fraction of sp³-hybridized carbons (Fsp3) is 0.150. The van der Waals surface area contributed by atoms with Crippen molar-refractivity contribution in [2.45, 2.75) is 13.8 Å². The van der Waals surface area contributed by atoms with Crippen LogP contribution in [0.15, 0.2) is 48.8 Å². The summed E-state index contributed by atoms with van der Waals surface area (Å²) in [5, 5.41) is 6.36. The topological polar surface area (TPSA) is 76.1 Å². The maximum Gasteiger partial charge on any atom is 0.275 e. The molecule has 1 aromatic heterocycles. The van der Waals surface area contributed by atoms with E-state index in [2.05, 4.69) is 20.6 Å². The molecule has 0 spiro atoms. The molecule has 1 heterocycles. The Hall–Kier alpha value is -3.12. The van der Waals surface area contributed by atoms with Gasteiger partial charge in [0.25, 0.3) is 5.91 Å². The third-order valence-corrected chi connectivity index (χ3v) is 4.46. The Labute approximate surface area is 162 Å². The van der Waals surface area contributed by atoms with Gasteiger partial charge in [-0.25, -0.2) is 9.97 Å². The van der Waals surface area contributed by atoms with Crippen LogP contribution in [0.4, 0.5) is 17.2 Å². The van der Waals surface area contributed by atoms with E-state index < -0.39 is 0 Å². The van der Waals surface area contributed by atoms with Crippen LogP contribution >= 0.6 is 11.6 Å². The van der Waals surface area contributed by atoms with Gasteiger partial charge in [-0.15, -0.1) is 0 Å². The Bertz CT molecular complexity index is 974. The molecule has 0 bridgehead atoms. The summed E-state index contributed by atoms with van der Waals surface area (Å²) in [5.41, 5.74) is 4.02. The summed E-state index contributed by atoms with van der Waals surface area (Å²) in [6.45, 7) is 4.08. The lowest BCUT2D eigenvalue weighted by Crippen LogP contribution is -2.14. The van der Waals surface area contributed by atoms with Gasteiger partial charge < -0.3 is 15.4 Å². The zero-order valence-electron chi connectivity index (χ0n) is 15.2. The van der Waals surface area contributed by atoms with Crippen LogP contribution in [0.1, 0.15) is 21.6 Å². The molecule has 138 valence electrons. The van der Waals surface area contributed by atoms with E-state index in [1.807, 2.05) is 32.0 Å². The molecule has 2 N–H and O–H groups in total. The molecule has 27 heavy (non-hydrogen) atoms. The van der Waals surface area contributed by atoms with Crippen molar-refractivity contribution in [2.24, 2.45) is 0 Å². The van der Waals surface area contributed by atoms with Crippen LogP contribution in [0.25, 0.3) is 0 Å². The summed E-state index contributed by atoms with van der Waals surface area (Å²) >= 11 is 6.07. The molecule has 0 unspecified atom stereocenters. The first kappa shape index (κ1) is 18.7. The Kier molecular flexibility index (Phi) is 5.57. The van der Waals surface area contributed by atoms with E-state index in [0.717, 1.165) is 11.3 Å². The number of hydrogen-bond donors (Lipinski definition) is 2. The number of ether oxygens (including phenoxy) is 1. The van der Waals surface area contributed by atoms with Crippen LogP contribution in [-0.2, 0) is 0 Å². The van der Waals surface area contributed by atoms with Gasteiger partial charge in [-0.3, -0.25) is 4.79 Å². The molecular weight excluding hydrogens is 364 g/mol. The lowest BCUT2D eigenvalue weighted by Gasteiger charge is -2.11. The van der Waals surface area contributed by atoms with Crippen molar-refractivity contribution in [2.75, 3.05) is 17.7 Å². The Morgan fingerprint density at radius 1 is 1.11 bits per heavy atom. The number of nitrogens with one attached hydrogen (secondary N) is 2. The van der Waals surface area contributed by atoms with Gasteiger partial charge in [0.15, 0.2) is 0 Å². The molecule has 0 atom stereocenters. The predicted octanol–water partition coefficient (Wildman–Crippen LogP) is 4.75. The molecule has 0 aliphatic rings. The zero-order valence-corrected chi connectivity index (χ0v) is 16.0. The molecule has 0 saturated carbocycles. The van der Waals surface area contributed by atoms with Crippen molar-refractivity contribution < 1.29 is 9.53 Å². The second kappa shape index (κ2) is 8.05. The van der Waals surface area contributed by atoms with Gasteiger partial charge in [0, 0.05) is 11.4 Å². The van der Waals surface area contributed by atoms with Crippen LogP contribution in [0.5, 0.6) is 5.75 Å². The summed E-state index contributed by atoms with van der Waals surface area (Å²) in [6, 6.07) is 11.0. The number of carbonyl (C=O) groups excluding carboxylic acids is 1. The van der Waals surface area contributed by atoms with Crippen molar-refractivity contribution in [3.63, 3.8) is 0 Å². The minimum Gasteiger partial charge on any atom is -0.495 e. The molecule has 6 nitrogen and oxygen atoms in total. The third kappa shape index (κ3) is 4.35. The highest BCUT2D eigenvalue weighted by Gasteiger charge is 2.11. The molecule has 3 aromatic rings. The fourth-order valence-electron chi connectivity index (χ4n) is 2.47. The standard InChI is InChI=1S/C20H19ClN4O2/c1-12-5-4-6-16(13(12)2)25-19-11-22-17(10-23-19)20(26)24-14-7-8-18(27-3)15(21)9-14/h4-11H,1-3H3,(H,23,25)(H,24,26). The summed E-state index contributed by atoms with van der Waals surface area (Å²) in [4.78, 5) is 20.8. The van der Waals surface area contributed by atoms with Gasteiger partial charge in [-0.1, -0.05) is 23.7 Å². The maximum atomic E-state index is 12.3. The normalized spacial score (nSPS) is 10.4. The van der Waals surface area contributed by atoms with Crippen molar-refractivity contribution in [3.05, 3.63) is 70.6 Å². The van der Waals surface area contributed by atoms with Crippen molar-refractivity contribution in [1.29, 1.82) is 0 Å². The van der Waals surface area contributed by atoms with Gasteiger partial charge >= 0.3 is 0 Å². The number of nitrogens with zero attached hydrogens (tertiary/aromatic N) is 2. The lowest BCUT2D eigenvalue weighted by atomic mass is 10.1. The molecule has 3 rings (SSSR count). The van der Waals surface area contributed by atoms with Gasteiger partial charge in [0.05, 0.1) is 24.5 Å². The van der Waals surface area contributed by atoms with Crippen LogP contribution in [0.2, 0.25) is 5.02 Å². The highest BCUT2D eigenvalue weighted by molar-refractivity contribution is 6.32. The summed E-state index contributed by atoms with van der Waals surface area (Å²) in [5.74, 6) is 0.728. The van der Waals surface area contributed by atoms with Crippen LogP contribution < -0.4 is 15.4 Å². The molecule has 0 radical (unpaired) electrons. The zero-order chi connectivity index (χ0) is 19.4. The van der Waals surface area contributed by atoms with Gasteiger partial charge in [0.1, 0.15) is 17.3 Å². The van der Waals surface area contributed by atoms with Gasteiger partial charge in [-0.2, -0.15) is 0 Å².